The first-order chi connectivity index (χ1) is 17.9. The Morgan fingerprint density at radius 3 is 2.49 bits per heavy atom. The van der Waals surface area contributed by atoms with Crippen molar-refractivity contribution in [3.8, 4) is 17.2 Å². The summed E-state index contributed by atoms with van der Waals surface area (Å²) in [7, 11) is 3.89. The molecule has 3 aliphatic rings. The molecule has 6 rings (SSSR count). The molecular weight excluding hydrogens is 472 g/mol. The lowest BCUT2D eigenvalue weighted by Gasteiger charge is -2.26. The number of nitrogens with zero attached hydrogens (tertiary/aromatic N) is 2. The number of fused-ring (bicyclic) bond motifs is 2. The lowest BCUT2D eigenvalue weighted by Crippen LogP contribution is -2.29. The van der Waals surface area contributed by atoms with E-state index in [1.165, 1.54) is 4.90 Å². The molecule has 0 bridgehead atoms. The van der Waals surface area contributed by atoms with Crippen LogP contribution in [0, 0.1) is 0 Å². The van der Waals surface area contributed by atoms with Crippen LogP contribution in [0.1, 0.15) is 28.3 Å². The molecule has 8 heteroatoms. The summed E-state index contributed by atoms with van der Waals surface area (Å²) in [5.41, 5.74) is 4.02. The van der Waals surface area contributed by atoms with Gasteiger partial charge in [0.25, 0.3) is 11.7 Å². The van der Waals surface area contributed by atoms with Crippen molar-refractivity contribution in [2.45, 2.75) is 19.0 Å². The second kappa shape index (κ2) is 8.89. The molecule has 0 radical (unpaired) electrons. The Hall–Kier alpha value is -4.46. The van der Waals surface area contributed by atoms with E-state index in [9.17, 15) is 14.7 Å². The van der Waals surface area contributed by atoms with Crippen LogP contribution in [0.4, 0.5) is 5.69 Å². The molecule has 0 spiro atoms. The zero-order valence-corrected chi connectivity index (χ0v) is 20.6. The number of amides is 1. The third-order valence-electron chi connectivity index (χ3n) is 7.02. The van der Waals surface area contributed by atoms with Crippen LogP contribution in [0.25, 0.3) is 5.76 Å². The standard InChI is InChI=1S/C29H26N2O6/c1-30(2)21-7-4-18(5-8-21)26-25(27(32)20-6-10-22-19(14-20)11-12-35-22)28(33)29(34)31(26)15-17-3-9-23-24(13-17)37-16-36-23/h3-10,13-14,26,32H,11-12,15-16H2,1-2H3/b27-25+. The maximum atomic E-state index is 13.4. The first-order valence-corrected chi connectivity index (χ1v) is 12.1. The molecule has 0 saturated carbocycles. The van der Waals surface area contributed by atoms with Gasteiger partial charge in [0.05, 0.1) is 18.2 Å². The van der Waals surface area contributed by atoms with E-state index in [0.717, 1.165) is 34.5 Å². The molecule has 0 aliphatic carbocycles. The van der Waals surface area contributed by atoms with E-state index >= 15 is 0 Å². The highest BCUT2D eigenvalue weighted by atomic mass is 16.7. The van der Waals surface area contributed by atoms with E-state index in [1.54, 1.807) is 18.2 Å². The molecule has 1 atom stereocenters. The lowest BCUT2D eigenvalue weighted by molar-refractivity contribution is -0.140. The number of ether oxygens (including phenoxy) is 3. The van der Waals surface area contributed by atoms with Crippen molar-refractivity contribution in [1.29, 1.82) is 0 Å². The molecular formula is C29H26N2O6. The molecule has 3 heterocycles. The van der Waals surface area contributed by atoms with Crippen LogP contribution < -0.4 is 19.1 Å². The average molecular weight is 499 g/mol. The number of aliphatic hydroxyl groups is 1. The topological polar surface area (TPSA) is 88.5 Å². The number of ketones is 1. The number of hydrogen-bond donors (Lipinski definition) is 1. The second-order valence-electron chi connectivity index (χ2n) is 9.52. The van der Waals surface area contributed by atoms with Gasteiger partial charge in [0, 0.05) is 38.3 Å². The van der Waals surface area contributed by atoms with E-state index in [4.69, 9.17) is 14.2 Å². The molecule has 1 N–H and O–H groups in total. The fourth-order valence-electron chi connectivity index (χ4n) is 5.07. The minimum atomic E-state index is -0.758. The van der Waals surface area contributed by atoms with Gasteiger partial charge in [-0.1, -0.05) is 18.2 Å². The van der Waals surface area contributed by atoms with Crippen molar-refractivity contribution < 1.29 is 28.9 Å². The van der Waals surface area contributed by atoms with Crippen LogP contribution in [0.3, 0.4) is 0 Å². The normalized spacial score (nSPS) is 19.2. The number of rotatable bonds is 5. The Balaban J connectivity index is 1.45. The van der Waals surface area contributed by atoms with Gasteiger partial charge in [0.1, 0.15) is 11.5 Å². The molecule has 37 heavy (non-hydrogen) atoms. The molecule has 3 aromatic carbocycles. The smallest absolute Gasteiger partial charge is 0.295 e. The number of likely N-dealkylation sites (tertiary alicyclic amines) is 1. The Morgan fingerprint density at radius 2 is 1.70 bits per heavy atom. The summed E-state index contributed by atoms with van der Waals surface area (Å²) >= 11 is 0. The van der Waals surface area contributed by atoms with Crippen LogP contribution in [0.5, 0.6) is 17.2 Å². The number of Topliss-reactive ketones (excluding diaryl/α,β-unsaturated/α-hetero) is 1. The van der Waals surface area contributed by atoms with E-state index < -0.39 is 17.7 Å². The number of benzene rings is 3. The van der Waals surface area contributed by atoms with Gasteiger partial charge < -0.3 is 29.1 Å². The van der Waals surface area contributed by atoms with Crippen molar-refractivity contribution in [2.24, 2.45) is 0 Å². The van der Waals surface area contributed by atoms with Crippen LogP contribution in [-0.4, -0.2) is 49.2 Å². The predicted octanol–water partition coefficient (Wildman–Crippen LogP) is 4.04. The number of carbonyl (C=O) groups is 2. The number of aliphatic hydroxyl groups excluding tert-OH is 1. The Labute approximate surface area is 214 Å². The third-order valence-corrected chi connectivity index (χ3v) is 7.02. The van der Waals surface area contributed by atoms with Gasteiger partial charge in [-0.3, -0.25) is 9.59 Å². The highest BCUT2D eigenvalue weighted by molar-refractivity contribution is 6.46. The van der Waals surface area contributed by atoms with Crippen molar-refractivity contribution >= 4 is 23.1 Å². The highest BCUT2D eigenvalue weighted by Crippen LogP contribution is 2.42. The average Bonchev–Trinajstić information content (AvgIpc) is 3.63. The fraction of sp³-hybridized carbons (Fsp3) is 0.241. The second-order valence-corrected chi connectivity index (χ2v) is 9.52. The maximum absolute atomic E-state index is 13.4. The molecule has 8 nitrogen and oxygen atoms in total. The van der Waals surface area contributed by atoms with Gasteiger partial charge in [-0.05, 0) is 59.2 Å². The zero-order chi connectivity index (χ0) is 25.7. The maximum Gasteiger partial charge on any atom is 0.295 e. The Morgan fingerprint density at radius 1 is 0.946 bits per heavy atom. The van der Waals surface area contributed by atoms with Gasteiger partial charge >= 0.3 is 0 Å². The summed E-state index contributed by atoms with van der Waals surface area (Å²) in [5.74, 6) is 0.448. The Kier molecular flexibility index (Phi) is 5.52. The summed E-state index contributed by atoms with van der Waals surface area (Å²) < 4.78 is 16.5. The minimum absolute atomic E-state index is 0.0715. The van der Waals surface area contributed by atoms with Crippen LogP contribution in [-0.2, 0) is 22.6 Å². The molecule has 3 aliphatic heterocycles. The van der Waals surface area contributed by atoms with Crippen LogP contribution >= 0.6 is 0 Å². The van der Waals surface area contributed by atoms with Crippen molar-refractivity contribution in [2.75, 3.05) is 32.4 Å². The molecule has 3 aromatic rings. The summed E-state index contributed by atoms with van der Waals surface area (Å²) in [4.78, 5) is 30.3. The molecule has 1 saturated heterocycles. The summed E-state index contributed by atoms with van der Waals surface area (Å²) in [6.45, 7) is 0.890. The largest absolute Gasteiger partial charge is 0.507 e. The SMILES string of the molecule is CN(C)c1ccc(C2/C(=C(\O)c3ccc4c(c3)CCO4)C(=O)C(=O)N2Cc2ccc3c(c2)OCO3)cc1. The van der Waals surface area contributed by atoms with Crippen molar-refractivity contribution in [3.63, 3.8) is 0 Å². The van der Waals surface area contributed by atoms with E-state index in [1.807, 2.05) is 61.5 Å². The zero-order valence-electron chi connectivity index (χ0n) is 20.6. The minimum Gasteiger partial charge on any atom is -0.507 e. The number of carbonyl (C=O) groups excluding carboxylic acids is 2. The molecule has 188 valence electrons. The monoisotopic (exact) mass is 498 g/mol. The number of anilines is 1. The quantitative estimate of drug-likeness (QED) is 0.323. The molecule has 1 amide bonds. The van der Waals surface area contributed by atoms with Gasteiger partial charge in [0.15, 0.2) is 11.5 Å². The third kappa shape index (κ3) is 3.94. The molecule has 1 fully saturated rings. The van der Waals surface area contributed by atoms with Gasteiger partial charge in [-0.15, -0.1) is 0 Å². The van der Waals surface area contributed by atoms with Crippen molar-refractivity contribution in [1.82, 2.24) is 4.90 Å². The fourth-order valence-corrected chi connectivity index (χ4v) is 5.07. The summed E-state index contributed by atoms with van der Waals surface area (Å²) in [6.07, 6.45) is 0.727. The summed E-state index contributed by atoms with van der Waals surface area (Å²) in [6, 6.07) is 17.7. The number of hydrogen-bond acceptors (Lipinski definition) is 7. The first-order valence-electron chi connectivity index (χ1n) is 12.1. The van der Waals surface area contributed by atoms with E-state index in [0.29, 0.717) is 23.7 Å². The Bertz CT molecular complexity index is 1440. The van der Waals surface area contributed by atoms with E-state index in [2.05, 4.69) is 0 Å². The summed E-state index contributed by atoms with van der Waals surface area (Å²) in [5, 5.41) is 11.4. The van der Waals surface area contributed by atoms with Crippen LogP contribution in [0.2, 0.25) is 0 Å². The van der Waals surface area contributed by atoms with E-state index in [-0.39, 0.29) is 24.7 Å². The highest BCUT2D eigenvalue weighted by Gasteiger charge is 2.46. The van der Waals surface area contributed by atoms with Crippen LogP contribution in [0.15, 0.2) is 66.2 Å². The lowest BCUT2D eigenvalue weighted by atomic mass is 9.94. The molecule has 0 aromatic heterocycles. The van der Waals surface area contributed by atoms with Crippen molar-refractivity contribution in [3.05, 3.63) is 88.5 Å². The van der Waals surface area contributed by atoms with Gasteiger partial charge in [-0.25, -0.2) is 0 Å². The predicted molar refractivity (Wildman–Crippen MR) is 137 cm³/mol. The van der Waals surface area contributed by atoms with Gasteiger partial charge in [-0.2, -0.15) is 0 Å². The van der Waals surface area contributed by atoms with Gasteiger partial charge in [0.2, 0.25) is 6.79 Å². The molecule has 1 unspecified atom stereocenters. The first kappa shape index (κ1) is 23.0.